The van der Waals surface area contributed by atoms with Crippen LogP contribution in [0.15, 0.2) is 24.3 Å². The van der Waals surface area contributed by atoms with Gasteiger partial charge in [0.25, 0.3) is 11.8 Å². The Morgan fingerprint density at radius 3 is 2.71 bits per heavy atom. The molecule has 6 heteroatoms. The van der Waals surface area contributed by atoms with Crippen molar-refractivity contribution in [3.8, 4) is 0 Å². The molecule has 0 aliphatic rings. The average molecular weight is 240 g/mol. The number of hydrogen-bond acceptors (Lipinski definition) is 3. The summed E-state index contributed by atoms with van der Waals surface area (Å²) in [5, 5.41) is 2.28. The van der Waals surface area contributed by atoms with Crippen LogP contribution in [-0.2, 0) is 9.63 Å². The Labute approximate surface area is 97.9 Å². The Hall–Kier alpha value is -1.95. The molecule has 0 aliphatic carbocycles. The summed E-state index contributed by atoms with van der Waals surface area (Å²) < 4.78 is 13.2. The average Bonchev–Trinajstić information content (AvgIpc) is 2.34. The Morgan fingerprint density at radius 1 is 1.35 bits per heavy atom. The molecule has 0 radical (unpaired) electrons. The van der Waals surface area contributed by atoms with E-state index in [4.69, 9.17) is 0 Å². The molecule has 0 unspecified atom stereocenters. The topological polar surface area (TPSA) is 67.4 Å². The molecule has 92 valence electrons. The molecule has 2 N–H and O–H groups in total. The van der Waals surface area contributed by atoms with Gasteiger partial charge in [0.2, 0.25) is 0 Å². The summed E-state index contributed by atoms with van der Waals surface area (Å²) in [7, 11) is 0. The van der Waals surface area contributed by atoms with Crippen molar-refractivity contribution in [2.24, 2.45) is 0 Å². The lowest BCUT2D eigenvalue weighted by Gasteiger charge is -2.06. The number of hydroxylamine groups is 1. The van der Waals surface area contributed by atoms with Crippen LogP contribution >= 0.6 is 0 Å². The van der Waals surface area contributed by atoms with Crippen LogP contribution in [0.25, 0.3) is 0 Å². The van der Waals surface area contributed by atoms with Gasteiger partial charge in [-0.15, -0.1) is 0 Å². The van der Waals surface area contributed by atoms with Gasteiger partial charge in [0.1, 0.15) is 5.82 Å². The van der Waals surface area contributed by atoms with Crippen molar-refractivity contribution < 1.29 is 18.8 Å². The molecule has 1 aromatic carbocycles. The summed E-state index contributed by atoms with van der Waals surface area (Å²) in [6, 6.07) is 5.53. The summed E-state index contributed by atoms with van der Waals surface area (Å²) >= 11 is 0. The zero-order valence-electron chi connectivity index (χ0n) is 9.33. The Morgan fingerprint density at radius 2 is 2.06 bits per heavy atom. The van der Waals surface area contributed by atoms with Crippen LogP contribution < -0.4 is 10.8 Å². The first kappa shape index (κ1) is 13.1. The highest BCUT2D eigenvalue weighted by Gasteiger charge is 2.11. The SMILES string of the molecule is CCONC(=O)CNC(=O)c1ccccc1F. The fourth-order valence-electron chi connectivity index (χ4n) is 1.09. The molecule has 1 aromatic rings. The van der Waals surface area contributed by atoms with Gasteiger partial charge in [0.15, 0.2) is 0 Å². The van der Waals surface area contributed by atoms with Gasteiger partial charge < -0.3 is 5.32 Å². The van der Waals surface area contributed by atoms with E-state index in [0.717, 1.165) is 0 Å². The highest BCUT2D eigenvalue weighted by molar-refractivity contribution is 5.96. The molecular formula is C11H13FN2O3. The fourth-order valence-corrected chi connectivity index (χ4v) is 1.09. The van der Waals surface area contributed by atoms with Crippen molar-refractivity contribution in [3.05, 3.63) is 35.6 Å². The van der Waals surface area contributed by atoms with Crippen LogP contribution in [0.1, 0.15) is 17.3 Å². The van der Waals surface area contributed by atoms with E-state index < -0.39 is 17.6 Å². The van der Waals surface area contributed by atoms with Crippen molar-refractivity contribution in [3.63, 3.8) is 0 Å². The molecule has 5 nitrogen and oxygen atoms in total. The molecule has 0 aromatic heterocycles. The number of hydrogen-bond donors (Lipinski definition) is 2. The van der Waals surface area contributed by atoms with Crippen LogP contribution in [0, 0.1) is 5.82 Å². The first-order valence-corrected chi connectivity index (χ1v) is 5.08. The fraction of sp³-hybridized carbons (Fsp3) is 0.273. The molecule has 0 aliphatic heterocycles. The van der Waals surface area contributed by atoms with Gasteiger partial charge in [-0.1, -0.05) is 12.1 Å². The molecule has 0 saturated heterocycles. The first-order chi connectivity index (χ1) is 8.15. The minimum Gasteiger partial charge on any atom is -0.343 e. The van der Waals surface area contributed by atoms with E-state index in [1.165, 1.54) is 24.3 Å². The lowest BCUT2D eigenvalue weighted by molar-refractivity contribution is -0.132. The lowest BCUT2D eigenvalue weighted by Crippen LogP contribution is -2.37. The number of nitrogens with one attached hydrogen (secondary N) is 2. The predicted molar refractivity (Wildman–Crippen MR) is 58.5 cm³/mol. The highest BCUT2D eigenvalue weighted by atomic mass is 19.1. The minimum atomic E-state index is -0.644. The Balaban J connectivity index is 2.45. The lowest BCUT2D eigenvalue weighted by atomic mass is 10.2. The zero-order valence-corrected chi connectivity index (χ0v) is 9.33. The standard InChI is InChI=1S/C11H13FN2O3/c1-2-17-14-10(15)7-13-11(16)8-5-3-4-6-9(8)12/h3-6H,2,7H2,1H3,(H,13,16)(H,14,15). The predicted octanol–water partition coefficient (Wildman–Crippen LogP) is 0.623. The van der Waals surface area contributed by atoms with Crippen molar-refractivity contribution in [2.45, 2.75) is 6.92 Å². The molecule has 0 bridgehead atoms. The van der Waals surface area contributed by atoms with Gasteiger partial charge in [-0.3, -0.25) is 14.4 Å². The molecule has 0 fully saturated rings. The third-order valence-corrected chi connectivity index (χ3v) is 1.86. The van der Waals surface area contributed by atoms with Gasteiger partial charge in [-0.05, 0) is 19.1 Å². The molecule has 0 saturated carbocycles. The van der Waals surface area contributed by atoms with Crippen molar-refractivity contribution in [1.82, 2.24) is 10.8 Å². The van der Waals surface area contributed by atoms with Crippen LogP contribution in [0.5, 0.6) is 0 Å². The molecular weight excluding hydrogens is 227 g/mol. The molecule has 0 atom stereocenters. The van der Waals surface area contributed by atoms with Gasteiger partial charge in [-0.2, -0.15) is 0 Å². The highest BCUT2D eigenvalue weighted by Crippen LogP contribution is 2.05. The van der Waals surface area contributed by atoms with Gasteiger partial charge >= 0.3 is 0 Å². The second-order valence-electron chi connectivity index (χ2n) is 3.12. The zero-order chi connectivity index (χ0) is 12.7. The maximum Gasteiger partial charge on any atom is 0.262 e. The largest absolute Gasteiger partial charge is 0.343 e. The minimum absolute atomic E-state index is 0.100. The molecule has 1 rings (SSSR count). The number of carbonyl (C=O) groups is 2. The van der Waals surface area contributed by atoms with Crippen molar-refractivity contribution >= 4 is 11.8 Å². The van der Waals surface area contributed by atoms with Crippen LogP contribution in [0.3, 0.4) is 0 Å². The molecule has 17 heavy (non-hydrogen) atoms. The number of halogens is 1. The normalized spacial score (nSPS) is 9.76. The van der Waals surface area contributed by atoms with E-state index in [9.17, 15) is 14.0 Å². The molecule has 0 spiro atoms. The number of benzene rings is 1. The second kappa shape index (κ2) is 6.59. The number of rotatable bonds is 5. The number of amides is 2. The summed E-state index contributed by atoms with van der Waals surface area (Å²) in [6.07, 6.45) is 0. The monoisotopic (exact) mass is 240 g/mol. The van der Waals surface area contributed by atoms with E-state index >= 15 is 0 Å². The van der Waals surface area contributed by atoms with E-state index in [1.54, 1.807) is 6.92 Å². The first-order valence-electron chi connectivity index (χ1n) is 5.08. The van der Waals surface area contributed by atoms with E-state index in [2.05, 4.69) is 15.6 Å². The van der Waals surface area contributed by atoms with E-state index in [1.807, 2.05) is 0 Å². The van der Waals surface area contributed by atoms with Crippen LogP contribution in [0.4, 0.5) is 4.39 Å². The van der Waals surface area contributed by atoms with Gasteiger partial charge in [0.05, 0.1) is 18.7 Å². The van der Waals surface area contributed by atoms with Crippen LogP contribution in [0.2, 0.25) is 0 Å². The number of carbonyl (C=O) groups excluding carboxylic acids is 2. The van der Waals surface area contributed by atoms with E-state index in [-0.39, 0.29) is 12.1 Å². The summed E-state index contributed by atoms with van der Waals surface area (Å²) in [5.41, 5.74) is 2.01. The Bertz CT molecular complexity index is 409. The summed E-state index contributed by atoms with van der Waals surface area (Å²) in [4.78, 5) is 27.2. The maximum atomic E-state index is 13.2. The summed E-state index contributed by atoms with van der Waals surface area (Å²) in [6.45, 7) is 1.76. The molecule has 2 amide bonds. The van der Waals surface area contributed by atoms with Crippen molar-refractivity contribution in [1.29, 1.82) is 0 Å². The third-order valence-electron chi connectivity index (χ3n) is 1.86. The maximum absolute atomic E-state index is 13.2. The molecule has 0 heterocycles. The van der Waals surface area contributed by atoms with Gasteiger partial charge in [0, 0.05) is 0 Å². The third kappa shape index (κ3) is 4.20. The van der Waals surface area contributed by atoms with Crippen molar-refractivity contribution in [2.75, 3.05) is 13.2 Å². The van der Waals surface area contributed by atoms with E-state index in [0.29, 0.717) is 6.61 Å². The van der Waals surface area contributed by atoms with Gasteiger partial charge in [-0.25, -0.2) is 9.87 Å². The Kier molecular flexibility index (Phi) is 5.09. The second-order valence-corrected chi connectivity index (χ2v) is 3.12. The smallest absolute Gasteiger partial charge is 0.262 e. The van der Waals surface area contributed by atoms with Crippen LogP contribution in [-0.4, -0.2) is 25.0 Å². The summed E-state index contributed by atoms with van der Waals surface area (Å²) in [5.74, 6) is -1.78. The quantitative estimate of drug-likeness (QED) is 0.741.